The third-order valence-corrected chi connectivity index (χ3v) is 1.63. The molecule has 0 amide bonds. The number of nitrogens with zero attached hydrogens (tertiary/aromatic N) is 4. The monoisotopic (exact) mass is 179 g/mol. The molecule has 1 aromatic heterocycles. The fourth-order valence-electron chi connectivity index (χ4n) is 1.05. The second kappa shape index (κ2) is 2.93. The van der Waals surface area contributed by atoms with Gasteiger partial charge in [0.05, 0.1) is 7.05 Å². The SMILES string of the molecule is C[n+]1cn(-c2cccc(F)c2)nn1. The first-order valence-corrected chi connectivity index (χ1v) is 3.80. The van der Waals surface area contributed by atoms with Gasteiger partial charge in [-0.3, -0.25) is 0 Å². The molecule has 66 valence electrons. The van der Waals surface area contributed by atoms with E-state index in [2.05, 4.69) is 10.4 Å². The van der Waals surface area contributed by atoms with Gasteiger partial charge in [-0.2, -0.15) is 0 Å². The Morgan fingerprint density at radius 1 is 1.46 bits per heavy atom. The van der Waals surface area contributed by atoms with E-state index in [1.54, 1.807) is 30.2 Å². The van der Waals surface area contributed by atoms with E-state index in [0.29, 0.717) is 5.69 Å². The summed E-state index contributed by atoms with van der Waals surface area (Å²) < 4.78 is 15.8. The molecule has 0 saturated carbocycles. The van der Waals surface area contributed by atoms with Crippen molar-refractivity contribution in [3.63, 3.8) is 0 Å². The lowest BCUT2D eigenvalue weighted by molar-refractivity contribution is -0.731. The van der Waals surface area contributed by atoms with E-state index in [1.165, 1.54) is 16.8 Å². The molecule has 0 radical (unpaired) electrons. The molecule has 2 aromatic rings. The van der Waals surface area contributed by atoms with Crippen molar-refractivity contribution in [1.82, 2.24) is 15.1 Å². The summed E-state index contributed by atoms with van der Waals surface area (Å²) in [6, 6.07) is 6.18. The molecule has 0 aliphatic rings. The average Bonchev–Trinajstić information content (AvgIpc) is 2.52. The number of aromatic nitrogens is 4. The highest BCUT2D eigenvalue weighted by atomic mass is 19.1. The molecule has 0 bridgehead atoms. The number of tetrazole rings is 1. The zero-order valence-electron chi connectivity index (χ0n) is 7.05. The Labute approximate surface area is 74.2 Å². The van der Waals surface area contributed by atoms with E-state index in [-0.39, 0.29) is 5.82 Å². The first-order valence-electron chi connectivity index (χ1n) is 3.80. The first kappa shape index (κ1) is 7.85. The minimum Gasteiger partial charge on any atom is -0.207 e. The molecule has 0 saturated heterocycles. The summed E-state index contributed by atoms with van der Waals surface area (Å²) in [5.41, 5.74) is 0.660. The third kappa shape index (κ3) is 1.53. The summed E-state index contributed by atoms with van der Waals surface area (Å²) in [4.78, 5) is 0. The van der Waals surface area contributed by atoms with Gasteiger partial charge in [-0.1, -0.05) is 10.7 Å². The lowest BCUT2D eigenvalue weighted by atomic mass is 10.3. The largest absolute Gasteiger partial charge is 0.250 e. The van der Waals surface area contributed by atoms with Gasteiger partial charge >= 0.3 is 0 Å². The van der Waals surface area contributed by atoms with Crippen LogP contribution in [0.4, 0.5) is 4.39 Å². The van der Waals surface area contributed by atoms with Crippen LogP contribution in [-0.4, -0.2) is 15.1 Å². The predicted molar refractivity (Wildman–Crippen MR) is 42.5 cm³/mol. The molecule has 0 unspecified atom stereocenters. The Hall–Kier alpha value is -1.78. The van der Waals surface area contributed by atoms with Crippen molar-refractivity contribution in [3.05, 3.63) is 36.4 Å². The molecule has 0 N–H and O–H groups in total. The van der Waals surface area contributed by atoms with Crippen molar-refractivity contribution in [3.8, 4) is 5.69 Å². The third-order valence-electron chi connectivity index (χ3n) is 1.63. The molecule has 1 aromatic carbocycles. The van der Waals surface area contributed by atoms with Crippen LogP contribution < -0.4 is 4.68 Å². The van der Waals surface area contributed by atoms with Crippen LogP contribution in [0, 0.1) is 5.82 Å². The predicted octanol–water partition coefficient (Wildman–Crippen LogP) is 0.231. The van der Waals surface area contributed by atoms with Crippen LogP contribution in [-0.2, 0) is 7.05 Å². The Bertz CT molecular complexity index is 424. The maximum absolute atomic E-state index is 12.8. The standard InChI is InChI=1S/C8H8FN4/c1-12-6-13(11-10-12)8-4-2-3-7(9)5-8/h2-6H,1H3/q+1. The van der Waals surface area contributed by atoms with Gasteiger partial charge in [-0.15, -0.1) is 4.68 Å². The second-order valence-corrected chi connectivity index (χ2v) is 2.69. The van der Waals surface area contributed by atoms with Crippen molar-refractivity contribution in [1.29, 1.82) is 0 Å². The van der Waals surface area contributed by atoms with Crippen molar-refractivity contribution < 1.29 is 9.07 Å². The van der Waals surface area contributed by atoms with Crippen LogP contribution in [0.3, 0.4) is 0 Å². The fourth-order valence-corrected chi connectivity index (χ4v) is 1.05. The molecule has 5 heteroatoms. The summed E-state index contributed by atoms with van der Waals surface area (Å²) in [5, 5.41) is 7.52. The molecule has 0 fully saturated rings. The lowest BCUT2D eigenvalue weighted by Crippen LogP contribution is -2.28. The zero-order valence-corrected chi connectivity index (χ0v) is 7.05. The Morgan fingerprint density at radius 3 is 2.92 bits per heavy atom. The molecule has 0 aliphatic heterocycles. The summed E-state index contributed by atoms with van der Waals surface area (Å²) in [7, 11) is 1.75. The van der Waals surface area contributed by atoms with Gasteiger partial charge in [-0.25, -0.2) is 4.39 Å². The summed E-state index contributed by atoms with van der Waals surface area (Å²) in [6.45, 7) is 0. The molecule has 0 atom stereocenters. The highest BCUT2D eigenvalue weighted by molar-refractivity contribution is 5.29. The van der Waals surface area contributed by atoms with Gasteiger partial charge in [0, 0.05) is 6.07 Å². The second-order valence-electron chi connectivity index (χ2n) is 2.69. The van der Waals surface area contributed by atoms with Gasteiger partial charge in [-0.05, 0) is 12.1 Å². The first-order chi connectivity index (χ1) is 6.25. The van der Waals surface area contributed by atoms with Crippen LogP contribution in [0.15, 0.2) is 30.6 Å². The van der Waals surface area contributed by atoms with Crippen molar-refractivity contribution in [2.24, 2.45) is 7.05 Å². The van der Waals surface area contributed by atoms with E-state index in [1.807, 2.05) is 0 Å². The van der Waals surface area contributed by atoms with E-state index in [4.69, 9.17) is 0 Å². The fraction of sp³-hybridized carbons (Fsp3) is 0.125. The maximum atomic E-state index is 12.8. The van der Waals surface area contributed by atoms with E-state index in [9.17, 15) is 4.39 Å². The van der Waals surface area contributed by atoms with Crippen LogP contribution in [0.5, 0.6) is 0 Å². The number of benzene rings is 1. The minimum absolute atomic E-state index is 0.282. The van der Waals surface area contributed by atoms with E-state index < -0.39 is 0 Å². The summed E-state index contributed by atoms with van der Waals surface area (Å²) in [6.07, 6.45) is 1.66. The molecule has 13 heavy (non-hydrogen) atoms. The quantitative estimate of drug-likeness (QED) is 0.587. The van der Waals surface area contributed by atoms with Crippen LogP contribution in [0.1, 0.15) is 0 Å². The smallest absolute Gasteiger partial charge is 0.207 e. The molecule has 4 nitrogen and oxygen atoms in total. The maximum Gasteiger partial charge on any atom is 0.250 e. The Kier molecular flexibility index (Phi) is 1.77. The zero-order chi connectivity index (χ0) is 9.26. The average molecular weight is 179 g/mol. The molecular weight excluding hydrogens is 171 g/mol. The van der Waals surface area contributed by atoms with Gasteiger partial charge in [0.1, 0.15) is 16.7 Å². The number of hydrogen-bond acceptors (Lipinski definition) is 2. The lowest BCUT2D eigenvalue weighted by Gasteiger charge is -1.90. The van der Waals surface area contributed by atoms with Crippen molar-refractivity contribution in [2.75, 3.05) is 0 Å². The van der Waals surface area contributed by atoms with Crippen LogP contribution in [0.2, 0.25) is 0 Å². The number of halogens is 1. The summed E-state index contributed by atoms with van der Waals surface area (Å²) in [5.74, 6) is -0.282. The van der Waals surface area contributed by atoms with Gasteiger partial charge in [0.25, 0.3) is 0 Å². The molecule has 0 aliphatic carbocycles. The highest BCUT2D eigenvalue weighted by Gasteiger charge is 2.07. The Morgan fingerprint density at radius 2 is 2.31 bits per heavy atom. The van der Waals surface area contributed by atoms with Crippen molar-refractivity contribution in [2.45, 2.75) is 0 Å². The molecule has 0 spiro atoms. The summed E-state index contributed by atoms with van der Waals surface area (Å²) >= 11 is 0. The minimum atomic E-state index is -0.282. The molecular formula is C8H8FN4+. The van der Waals surface area contributed by atoms with Crippen LogP contribution in [0.25, 0.3) is 5.69 Å². The number of hydrogen-bond donors (Lipinski definition) is 0. The van der Waals surface area contributed by atoms with E-state index in [0.717, 1.165) is 0 Å². The Balaban J connectivity index is 2.46. The van der Waals surface area contributed by atoms with Gasteiger partial charge in [0.15, 0.2) is 5.21 Å². The number of rotatable bonds is 1. The van der Waals surface area contributed by atoms with Crippen LogP contribution >= 0.6 is 0 Å². The van der Waals surface area contributed by atoms with Crippen molar-refractivity contribution >= 4 is 0 Å². The van der Waals surface area contributed by atoms with E-state index >= 15 is 0 Å². The normalized spacial score (nSPS) is 10.3. The highest BCUT2D eigenvalue weighted by Crippen LogP contribution is 2.05. The molecule has 2 rings (SSSR count). The molecule has 1 heterocycles. The van der Waals surface area contributed by atoms with Gasteiger partial charge in [0.2, 0.25) is 6.33 Å². The van der Waals surface area contributed by atoms with Gasteiger partial charge < -0.3 is 0 Å². The topological polar surface area (TPSA) is 34.6 Å². The number of aryl methyl sites for hydroxylation is 1.